The Bertz CT molecular complexity index is 3240. The minimum absolute atomic E-state index is 0.647. The molecule has 8 aromatic carbocycles. The first-order valence-corrected chi connectivity index (χ1v) is 20.3. The molecule has 0 bridgehead atoms. The maximum atomic E-state index is 5.28. The first kappa shape index (κ1) is 32.6. The molecule has 11 aromatic rings. The van der Waals surface area contributed by atoms with Gasteiger partial charge in [-0.3, -0.25) is 0 Å². The molecular formula is C51H31N3S2. The fourth-order valence-electron chi connectivity index (χ4n) is 7.86. The lowest BCUT2D eigenvalue weighted by Crippen LogP contribution is -2.00. The lowest BCUT2D eigenvalue weighted by Gasteiger charge is -2.11. The van der Waals surface area contributed by atoms with E-state index in [2.05, 4.69) is 170 Å². The highest BCUT2D eigenvalue weighted by molar-refractivity contribution is 7.26. The molecule has 0 atom stereocenters. The molecule has 0 aliphatic rings. The van der Waals surface area contributed by atoms with Crippen LogP contribution >= 0.6 is 22.7 Å². The Hall–Kier alpha value is -6.79. The third-order valence-electron chi connectivity index (χ3n) is 10.6. The predicted molar refractivity (Wildman–Crippen MR) is 238 cm³/mol. The van der Waals surface area contributed by atoms with Gasteiger partial charge in [-0.2, -0.15) is 0 Å². The van der Waals surface area contributed by atoms with Crippen molar-refractivity contribution in [3.05, 3.63) is 188 Å². The van der Waals surface area contributed by atoms with Gasteiger partial charge in [0.05, 0.1) is 0 Å². The number of thiophene rings is 2. The van der Waals surface area contributed by atoms with E-state index >= 15 is 0 Å². The predicted octanol–water partition coefficient (Wildman–Crippen LogP) is 14.6. The van der Waals surface area contributed by atoms with Crippen LogP contribution < -0.4 is 0 Å². The summed E-state index contributed by atoms with van der Waals surface area (Å²) < 4.78 is 5.02. The van der Waals surface area contributed by atoms with E-state index in [0.717, 1.165) is 27.6 Å². The maximum Gasteiger partial charge on any atom is 0.164 e. The summed E-state index contributed by atoms with van der Waals surface area (Å²) in [4.78, 5) is 15.6. The van der Waals surface area contributed by atoms with Crippen LogP contribution in [0.3, 0.4) is 0 Å². The molecule has 56 heavy (non-hydrogen) atoms. The van der Waals surface area contributed by atoms with Crippen LogP contribution in [0.15, 0.2) is 188 Å². The van der Waals surface area contributed by atoms with Gasteiger partial charge < -0.3 is 0 Å². The van der Waals surface area contributed by atoms with E-state index in [1.165, 1.54) is 62.8 Å². The quantitative estimate of drug-likeness (QED) is 0.170. The van der Waals surface area contributed by atoms with Gasteiger partial charge in [0.25, 0.3) is 0 Å². The SMILES string of the molecule is c1ccc(-c2ccc(-c3ccc4sc5cccc(-c6nc(-c7ccccc7)nc(-c7cccc(-c8cccc9sc%10ccccc%10c89)c7)n6)c5c4c3)cc2)cc1. The van der Waals surface area contributed by atoms with Crippen LogP contribution in [-0.2, 0) is 0 Å². The average Bonchev–Trinajstić information content (AvgIpc) is 3.85. The number of aromatic nitrogens is 3. The number of hydrogen-bond donors (Lipinski definition) is 0. The van der Waals surface area contributed by atoms with Crippen molar-refractivity contribution in [3.8, 4) is 67.5 Å². The topological polar surface area (TPSA) is 38.7 Å². The number of benzene rings is 8. The summed E-state index contributed by atoms with van der Waals surface area (Å²) in [5.41, 5.74) is 10.0. The minimum atomic E-state index is 0.647. The molecular weight excluding hydrogens is 719 g/mol. The highest BCUT2D eigenvalue weighted by Crippen LogP contribution is 2.43. The van der Waals surface area contributed by atoms with E-state index in [4.69, 9.17) is 15.0 Å². The Morgan fingerprint density at radius 1 is 0.268 bits per heavy atom. The molecule has 0 unspecified atom stereocenters. The molecule has 5 heteroatoms. The second-order valence-corrected chi connectivity index (χ2v) is 16.1. The van der Waals surface area contributed by atoms with Crippen LogP contribution in [0, 0.1) is 0 Å². The molecule has 0 radical (unpaired) electrons. The zero-order valence-electron chi connectivity index (χ0n) is 30.1. The van der Waals surface area contributed by atoms with E-state index in [-0.39, 0.29) is 0 Å². The Balaban J connectivity index is 1.06. The molecule has 3 heterocycles. The van der Waals surface area contributed by atoms with E-state index < -0.39 is 0 Å². The Morgan fingerprint density at radius 3 is 1.50 bits per heavy atom. The molecule has 0 fully saturated rings. The number of nitrogens with zero attached hydrogens (tertiary/aromatic N) is 3. The van der Waals surface area contributed by atoms with E-state index in [1.807, 2.05) is 29.5 Å². The summed E-state index contributed by atoms with van der Waals surface area (Å²) in [6, 6.07) is 66.8. The second-order valence-electron chi connectivity index (χ2n) is 14.0. The standard InChI is InChI=1S/C51H31N3S2/c1-3-12-32(13-4-1)33-24-26-34(27-25-33)36-28-29-44-42(31-36)48-41(20-11-23-46(48)56-44)51-53-49(35-14-5-2-6-15-35)52-50(54-51)38-17-9-16-37(30-38)39-19-10-22-45-47(39)40-18-7-8-21-43(40)55-45/h1-31H. The fraction of sp³-hybridized carbons (Fsp3) is 0. The monoisotopic (exact) mass is 749 g/mol. The van der Waals surface area contributed by atoms with Gasteiger partial charge in [0, 0.05) is 57.0 Å². The number of fused-ring (bicyclic) bond motifs is 6. The van der Waals surface area contributed by atoms with Crippen molar-refractivity contribution in [2.75, 3.05) is 0 Å². The van der Waals surface area contributed by atoms with Gasteiger partial charge in [0.1, 0.15) is 0 Å². The Labute approximate surface area is 331 Å². The molecule has 0 amide bonds. The minimum Gasteiger partial charge on any atom is -0.208 e. The van der Waals surface area contributed by atoms with Crippen LogP contribution in [0.4, 0.5) is 0 Å². The first-order chi connectivity index (χ1) is 27.7. The molecule has 0 saturated carbocycles. The summed E-state index contributed by atoms with van der Waals surface area (Å²) in [7, 11) is 0. The molecule has 3 aromatic heterocycles. The molecule has 0 aliphatic heterocycles. The van der Waals surface area contributed by atoms with Gasteiger partial charge in [-0.25, -0.2) is 15.0 Å². The summed E-state index contributed by atoms with van der Waals surface area (Å²) in [6.45, 7) is 0. The summed E-state index contributed by atoms with van der Waals surface area (Å²) in [6.07, 6.45) is 0. The Morgan fingerprint density at radius 2 is 0.750 bits per heavy atom. The first-order valence-electron chi connectivity index (χ1n) is 18.7. The van der Waals surface area contributed by atoms with Gasteiger partial charge in [0.15, 0.2) is 17.5 Å². The van der Waals surface area contributed by atoms with Crippen molar-refractivity contribution in [3.63, 3.8) is 0 Å². The zero-order chi connectivity index (χ0) is 37.0. The summed E-state index contributed by atoms with van der Waals surface area (Å²) in [5, 5.41) is 4.93. The smallest absolute Gasteiger partial charge is 0.164 e. The van der Waals surface area contributed by atoms with Crippen LogP contribution in [0.5, 0.6) is 0 Å². The van der Waals surface area contributed by atoms with Gasteiger partial charge >= 0.3 is 0 Å². The van der Waals surface area contributed by atoms with Crippen molar-refractivity contribution in [1.29, 1.82) is 0 Å². The van der Waals surface area contributed by atoms with Gasteiger partial charge in [0.2, 0.25) is 0 Å². The molecule has 262 valence electrons. The van der Waals surface area contributed by atoms with Crippen molar-refractivity contribution >= 4 is 63.0 Å². The molecule has 0 N–H and O–H groups in total. The van der Waals surface area contributed by atoms with Crippen LogP contribution in [-0.4, -0.2) is 15.0 Å². The average molecular weight is 750 g/mol. The molecule has 3 nitrogen and oxygen atoms in total. The second kappa shape index (κ2) is 13.5. The van der Waals surface area contributed by atoms with Crippen molar-refractivity contribution < 1.29 is 0 Å². The molecule has 0 saturated heterocycles. The van der Waals surface area contributed by atoms with Gasteiger partial charge in [-0.05, 0) is 69.8 Å². The van der Waals surface area contributed by atoms with E-state index in [0.29, 0.717) is 17.5 Å². The van der Waals surface area contributed by atoms with Crippen molar-refractivity contribution in [2.24, 2.45) is 0 Å². The van der Waals surface area contributed by atoms with E-state index in [9.17, 15) is 0 Å². The number of rotatable bonds is 6. The highest BCUT2D eigenvalue weighted by atomic mass is 32.1. The van der Waals surface area contributed by atoms with Crippen molar-refractivity contribution in [2.45, 2.75) is 0 Å². The third-order valence-corrected chi connectivity index (χ3v) is 12.8. The molecule has 0 aliphatic carbocycles. The normalized spacial score (nSPS) is 11.6. The zero-order valence-corrected chi connectivity index (χ0v) is 31.7. The lowest BCUT2D eigenvalue weighted by molar-refractivity contribution is 1.08. The third kappa shape index (κ3) is 5.68. The largest absolute Gasteiger partial charge is 0.208 e. The molecule has 0 spiro atoms. The maximum absolute atomic E-state index is 5.28. The molecule has 11 rings (SSSR count). The van der Waals surface area contributed by atoms with Crippen LogP contribution in [0.2, 0.25) is 0 Å². The van der Waals surface area contributed by atoms with Crippen molar-refractivity contribution in [1.82, 2.24) is 15.0 Å². The summed E-state index contributed by atoms with van der Waals surface area (Å²) >= 11 is 3.65. The van der Waals surface area contributed by atoms with Crippen LogP contribution in [0.25, 0.3) is 108 Å². The van der Waals surface area contributed by atoms with Crippen LogP contribution in [0.1, 0.15) is 0 Å². The number of hydrogen-bond acceptors (Lipinski definition) is 5. The highest BCUT2D eigenvalue weighted by Gasteiger charge is 2.18. The summed E-state index contributed by atoms with van der Waals surface area (Å²) in [5.74, 6) is 1.96. The van der Waals surface area contributed by atoms with Gasteiger partial charge in [-0.15, -0.1) is 22.7 Å². The Kier molecular flexibility index (Phi) is 7.87. The van der Waals surface area contributed by atoms with E-state index in [1.54, 1.807) is 11.3 Å². The lowest BCUT2D eigenvalue weighted by atomic mass is 9.97. The fourth-order valence-corrected chi connectivity index (χ4v) is 10.1. The van der Waals surface area contributed by atoms with Gasteiger partial charge in [-0.1, -0.05) is 152 Å².